The predicted octanol–water partition coefficient (Wildman–Crippen LogP) is 3.98. The third-order valence-corrected chi connectivity index (χ3v) is 4.49. The molecular formula is C18H24ClN3O. The zero-order valence-electron chi connectivity index (χ0n) is 14.4. The van der Waals surface area contributed by atoms with Gasteiger partial charge in [0, 0.05) is 6.04 Å². The van der Waals surface area contributed by atoms with Crippen LogP contribution < -0.4 is 5.32 Å². The molecule has 0 bridgehead atoms. The van der Waals surface area contributed by atoms with Crippen LogP contribution in [0.5, 0.6) is 0 Å². The fraction of sp³-hybridized carbons (Fsp3) is 0.444. The molecule has 124 valence electrons. The number of rotatable bonds is 5. The molecule has 0 aliphatic rings. The summed E-state index contributed by atoms with van der Waals surface area (Å²) in [5.74, 6) is 0.199. The van der Waals surface area contributed by atoms with Gasteiger partial charge in [0.1, 0.15) is 5.15 Å². The smallest absolute Gasteiger partial charge is 0.256 e. The van der Waals surface area contributed by atoms with Crippen LogP contribution in [0.4, 0.5) is 0 Å². The largest absolute Gasteiger partial charge is 0.349 e. The van der Waals surface area contributed by atoms with Gasteiger partial charge in [-0.3, -0.25) is 4.79 Å². The number of carbonyl (C=O) groups is 1. The highest BCUT2D eigenvalue weighted by Gasteiger charge is 2.22. The molecule has 0 fully saturated rings. The highest BCUT2D eigenvalue weighted by Crippen LogP contribution is 2.21. The Hall–Kier alpha value is -1.81. The number of halogens is 1. The summed E-state index contributed by atoms with van der Waals surface area (Å²) >= 11 is 6.41. The van der Waals surface area contributed by atoms with Gasteiger partial charge in [0.05, 0.1) is 17.8 Å². The second-order valence-corrected chi connectivity index (χ2v) is 6.76. The van der Waals surface area contributed by atoms with Gasteiger partial charge in [-0.25, -0.2) is 4.68 Å². The normalized spacial score (nSPS) is 12.5. The van der Waals surface area contributed by atoms with Crippen molar-refractivity contribution < 1.29 is 4.79 Å². The summed E-state index contributed by atoms with van der Waals surface area (Å²) in [6.45, 7) is 10.5. The van der Waals surface area contributed by atoms with E-state index in [9.17, 15) is 4.79 Å². The first-order chi connectivity index (χ1) is 10.8. The summed E-state index contributed by atoms with van der Waals surface area (Å²) in [6.07, 6.45) is 0. The van der Waals surface area contributed by atoms with E-state index in [1.165, 1.54) is 5.56 Å². The van der Waals surface area contributed by atoms with Gasteiger partial charge >= 0.3 is 0 Å². The first kappa shape index (κ1) is 17.5. The summed E-state index contributed by atoms with van der Waals surface area (Å²) in [6, 6.07) is 8.28. The SMILES string of the molecule is Cc1ccc(Cn2nc(C)c(C(=O)NC(C)C(C)C)c2Cl)cc1. The summed E-state index contributed by atoms with van der Waals surface area (Å²) in [5, 5.41) is 7.80. The maximum atomic E-state index is 12.5. The Bertz CT molecular complexity index is 689. The lowest BCUT2D eigenvalue weighted by Crippen LogP contribution is -2.36. The van der Waals surface area contributed by atoms with Crippen molar-refractivity contribution in [3.63, 3.8) is 0 Å². The second-order valence-electron chi connectivity index (χ2n) is 6.40. The molecule has 1 heterocycles. The Balaban J connectivity index is 2.21. The molecular weight excluding hydrogens is 310 g/mol. The zero-order valence-corrected chi connectivity index (χ0v) is 15.1. The van der Waals surface area contributed by atoms with E-state index >= 15 is 0 Å². The molecule has 1 unspecified atom stereocenters. The number of aromatic nitrogens is 2. The third kappa shape index (κ3) is 4.14. The van der Waals surface area contributed by atoms with Gasteiger partial charge in [0.2, 0.25) is 0 Å². The minimum Gasteiger partial charge on any atom is -0.349 e. The fourth-order valence-corrected chi connectivity index (χ4v) is 2.55. The van der Waals surface area contributed by atoms with Crippen LogP contribution in [0.2, 0.25) is 5.15 Å². The number of aryl methyl sites for hydroxylation is 2. The lowest BCUT2D eigenvalue weighted by atomic mass is 10.1. The average Bonchev–Trinajstić information content (AvgIpc) is 2.75. The van der Waals surface area contributed by atoms with Crippen LogP contribution in [0.3, 0.4) is 0 Å². The van der Waals surface area contributed by atoms with Crippen LogP contribution in [0.15, 0.2) is 24.3 Å². The molecule has 2 aromatic rings. The zero-order chi connectivity index (χ0) is 17.1. The quantitative estimate of drug-likeness (QED) is 0.899. The number of nitrogens with one attached hydrogen (secondary N) is 1. The number of hydrogen-bond acceptors (Lipinski definition) is 2. The molecule has 23 heavy (non-hydrogen) atoms. The lowest BCUT2D eigenvalue weighted by molar-refractivity contribution is 0.0930. The molecule has 0 spiro atoms. The van der Waals surface area contributed by atoms with E-state index in [1.807, 2.05) is 32.9 Å². The maximum absolute atomic E-state index is 12.5. The van der Waals surface area contributed by atoms with Crippen LogP contribution in [0, 0.1) is 19.8 Å². The van der Waals surface area contributed by atoms with Gasteiger partial charge < -0.3 is 5.32 Å². The molecule has 1 amide bonds. The molecule has 0 aliphatic heterocycles. The number of carbonyl (C=O) groups excluding carboxylic acids is 1. The van der Waals surface area contributed by atoms with Crippen molar-refractivity contribution in [3.05, 3.63) is 51.8 Å². The molecule has 0 saturated heterocycles. The Morgan fingerprint density at radius 2 is 1.83 bits per heavy atom. The predicted molar refractivity (Wildman–Crippen MR) is 94.0 cm³/mol. The van der Waals surface area contributed by atoms with E-state index in [1.54, 1.807) is 4.68 Å². The van der Waals surface area contributed by atoms with Gasteiger partial charge in [0.25, 0.3) is 5.91 Å². The Morgan fingerprint density at radius 3 is 2.39 bits per heavy atom. The number of amides is 1. The summed E-state index contributed by atoms with van der Waals surface area (Å²) in [4.78, 5) is 12.5. The van der Waals surface area contributed by atoms with E-state index in [2.05, 4.69) is 36.4 Å². The molecule has 1 aromatic heterocycles. The van der Waals surface area contributed by atoms with Crippen LogP contribution >= 0.6 is 11.6 Å². The minimum absolute atomic E-state index is 0.0819. The van der Waals surface area contributed by atoms with Crippen molar-refractivity contribution >= 4 is 17.5 Å². The topological polar surface area (TPSA) is 46.9 Å². The van der Waals surface area contributed by atoms with Crippen LogP contribution in [0.25, 0.3) is 0 Å². The average molecular weight is 334 g/mol. The Labute approximate surface area is 142 Å². The van der Waals surface area contributed by atoms with Crippen molar-refractivity contribution in [1.29, 1.82) is 0 Å². The molecule has 5 heteroatoms. The Kier molecular flexibility index (Phi) is 5.47. The number of hydrogen-bond donors (Lipinski definition) is 1. The van der Waals surface area contributed by atoms with Gasteiger partial charge in [0.15, 0.2) is 0 Å². The summed E-state index contributed by atoms with van der Waals surface area (Å²) in [7, 11) is 0. The van der Waals surface area contributed by atoms with E-state index in [0.717, 1.165) is 5.56 Å². The van der Waals surface area contributed by atoms with Crippen molar-refractivity contribution in [3.8, 4) is 0 Å². The fourth-order valence-electron chi connectivity index (χ4n) is 2.23. The monoisotopic (exact) mass is 333 g/mol. The highest BCUT2D eigenvalue weighted by molar-refractivity contribution is 6.33. The van der Waals surface area contributed by atoms with E-state index in [4.69, 9.17) is 11.6 Å². The third-order valence-electron chi connectivity index (χ3n) is 4.10. The molecule has 0 aliphatic carbocycles. The van der Waals surface area contributed by atoms with E-state index < -0.39 is 0 Å². The Morgan fingerprint density at radius 1 is 1.22 bits per heavy atom. The van der Waals surface area contributed by atoms with Crippen molar-refractivity contribution in [2.45, 2.75) is 47.2 Å². The van der Waals surface area contributed by atoms with Gasteiger partial charge in [-0.15, -0.1) is 0 Å². The molecule has 1 N–H and O–H groups in total. The first-order valence-electron chi connectivity index (χ1n) is 7.89. The lowest BCUT2D eigenvalue weighted by Gasteiger charge is -2.17. The number of benzene rings is 1. The van der Waals surface area contributed by atoms with Crippen molar-refractivity contribution in [2.24, 2.45) is 5.92 Å². The molecule has 1 aromatic carbocycles. The molecule has 2 rings (SSSR count). The van der Waals surface area contributed by atoms with Crippen molar-refractivity contribution in [2.75, 3.05) is 0 Å². The molecule has 1 atom stereocenters. The van der Waals surface area contributed by atoms with Gasteiger partial charge in [-0.1, -0.05) is 55.3 Å². The summed E-state index contributed by atoms with van der Waals surface area (Å²) in [5.41, 5.74) is 3.42. The van der Waals surface area contributed by atoms with E-state index in [-0.39, 0.29) is 11.9 Å². The van der Waals surface area contributed by atoms with Gasteiger partial charge in [-0.05, 0) is 32.3 Å². The van der Waals surface area contributed by atoms with Crippen LogP contribution in [0.1, 0.15) is 48.0 Å². The minimum atomic E-state index is -0.163. The second kappa shape index (κ2) is 7.18. The highest BCUT2D eigenvalue weighted by atomic mass is 35.5. The van der Waals surface area contributed by atoms with E-state index in [0.29, 0.717) is 28.9 Å². The summed E-state index contributed by atoms with van der Waals surface area (Å²) < 4.78 is 1.68. The molecule has 4 nitrogen and oxygen atoms in total. The van der Waals surface area contributed by atoms with Crippen LogP contribution in [-0.4, -0.2) is 21.7 Å². The number of nitrogens with zero attached hydrogens (tertiary/aromatic N) is 2. The van der Waals surface area contributed by atoms with Crippen molar-refractivity contribution in [1.82, 2.24) is 15.1 Å². The first-order valence-corrected chi connectivity index (χ1v) is 8.26. The standard InChI is InChI=1S/C18H24ClN3O/c1-11(2)13(4)20-18(23)16-14(5)21-22(17(16)19)10-15-8-6-12(3)7-9-15/h6-9,11,13H,10H2,1-5H3,(H,20,23). The molecule has 0 radical (unpaired) electrons. The van der Waals surface area contributed by atoms with Gasteiger partial charge in [-0.2, -0.15) is 5.10 Å². The van der Waals surface area contributed by atoms with Crippen LogP contribution in [-0.2, 0) is 6.54 Å². The molecule has 0 saturated carbocycles. The maximum Gasteiger partial charge on any atom is 0.256 e.